The highest BCUT2D eigenvalue weighted by Crippen LogP contribution is 2.21. The summed E-state index contributed by atoms with van der Waals surface area (Å²) in [4.78, 5) is 0. The van der Waals surface area contributed by atoms with Crippen LogP contribution in [0.3, 0.4) is 0 Å². The fraction of sp³-hybridized carbons (Fsp3) is 0.800. The van der Waals surface area contributed by atoms with E-state index in [-0.39, 0.29) is 0 Å². The van der Waals surface area contributed by atoms with Gasteiger partial charge in [-0.3, -0.25) is 0 Å². The topological polar surface area (TPSA) is 12.0 Å². The molecule has 1 aliphatic rings. The van der Waals surface area contributed by atoms with E-state index >= 15 is 0 Å². The molecule has 0 aromatic carbocycles. The maximum absolute atomic E-state index is 3.99. The molecule has 1 fully saturated rings. The third kappa shape index (κ3) is 2.33. The number of nitrogens with one attached hydrogen (secondary N) is 1. The van der Waals surface area contributed by atoms with Crippen LogP contribution in [0.2, 0.25) is 0 Å². The molecule has 2 atom stereocenters. The van der Waals surface area contributed by atoms with Gasteiger partial charge in [0.2, 0.25) is 0 Å². The Labute approximate surface area is 69.9 Å². The van der Waals surface area contributed by atoms with Crippen molar-refractivity contribution in [2.75, 3.05) is 6.54 Å². The summed E-state index contributed by atoms with van der Waals surface area (Å²) in [5.74, 6) is 0.929. The molecule has 0 bridgehead atoms. The normalized spacial score (nSPS) is 31.8. The van der Waals surface area contributed by atoms with Gasteiger partial charge in [-0.2, -0.15) is 0 Å². The minimum Gasteiger partial charge on any atom is -0.310 e. The number of hydrogen-bond acceptors (Lipinski definition) is 1. The Morgan fingerprint density at radius 3 is 2.91 bits per heavy atom. The molecule has 2 unspecified atom stereocenters. The van der Waals surface area contributed by atoms with E-state index < -0.39 is 0 Å². The van der Waals surface area contributed by atoms with E-state index in [0.717, 1.165) is 5.92 Å². The lowest BCUT2D eigenvalue weighted by molar-refractivity contribution is 0.318. The van der Waals surface area contributed by atoms with Crippen molar-refractivity contribution in [3.63, 3.8) is 0 Å². The molecule has 1 N–H and O–H groups in total. The third-order valence-corrected chi connectivity index (χ3v) is 2.68. The smallest absolute Gasteiger partial charge is 0.0276 e. The van der Waals surface area contributed by atoms with Crippen LogP contribution in [0.5, 0.6) is 0 Å². The SMILES string of the molecule is C=C(C)C1CC(CC)CCN1. The molecule has 0 amide bonds. The van der Waals surface area contributed by atoms with E-state index in [0.29, 0.717) is 6.04 Å². The van der Waals surface area contributed by atoms with Gasteiger partial charge in [0.05, 0.1) is 0 Å². The van der Waals surface area contributed by atoms with Crippen LogP contribution in [0.15, 0.2) is 12.2 Å². The fourth-order valence-electron chi connectivity index (χ4n) is 1.74. The first kappa shape index (κ1) is 8.79. The molecule has 0 spiro atoms. The van der Waals surface area contributed by atoms with Gasteiger partial charge in [0, 0.05) is 6.04 Å². The van der Waals surface area contributed by atoms with Crippen molar-refractivity contribution in [1.82, 2.24) is 5.32 Å². The maximum atomic E-state index is 3.99. The molecule has 0 aromatic rings. The minimum absolute atomic E-state index is 0.591. The monoisotopic (exact) mass is 153 g/mol. The zero-order valence-corrected chi connectivity index (χ0v) is 7.69. The summed E-state index contributed by atoms with van der Waals surface area (Å²) in [5, 5.41) is 3.48. The number of piperidine rings is 1. The predicted molar refractivity (Wildman–Crippen MR) is 49.6 cm³/mol. The van der Waals surface area contributed by atoms with Crippen LogP contribution >= 0.6 is 0 Å². The van der Waals surface area contributed by atoms with E-state index in [9.17, 15) is 0 Å². The Morgan fingerprint density at radius 2 is 2.36 bits per heavy atom. The van der Waals surface area contributed by atoms with Gasteiger partial charge in [0.15, 0.2) is 0 Å². The van der Waals surface area contributed by atoms with Gasteiger partial charge in [-0.1, -0.05) is 25.5 Å². The summed E-state index contributed by atoms with van der Waals surface area (Å²) < 4.78 is 0. The second-order valence-corrected chi connectivity index (χ2v) is 3.65. The largest absolute Gasteiger partial charge is 0.310 e. The average molecular weight is 153 g/mol. The van der Waals surface area contributed by atoms with Gasteiger partial charge in [-0.15, -0.1) is 0 Å². The molecular formula is C10H19N. The summed E-state index contributed by atoms with van der Waals surface area (Å²) in [7, 11) is 0. The Bertz CT molecular complexity index is 140. The van der Waals surface area contributed by atoms with Gasteiger partial charge in [0.1, 0.15) is 0 Å². The van der Waals surface area contributed by atoms with Gasteiger partial charge in [-0.25, -0.2) is 0 Å². The summed E-state index contributed by atoms with van der Waals surface area (Å²) in [6.45, 7) is 9.57. The third-order valence-electron chi connectivity index (χ3n) is 2.68. The van der Waals surface area contributed by atoms with Crippen LogP contribution in [-0.4, -0.2) is 12.6 Å². The van der Waals surface area contributed by atoms with Crippen molar-refractivity contribution in [1.29, 1.82) is 0 Å². The van der Waals surface area contributed by atoms with Crippen molar-refractivity contribution in [2.45, 2.75) is 39.2 Å². The standard InChI is InChI=1S/C10H19N/c1-4-9-5-6-11-10(7-9)8(2)3/h9-11H,2,4-7H2,1,3H3. The van der Waals surface area contributed by atoms with Crippen LogP contribution in [-0.2, 0) is 0 Å². The molecule has 1 rings (SSSR count). The molecule has 0 saturated carbocycles. The van der Waals surface area contributed by atoms with Crippen molar-refractivity contribution in [2.24, 2.45) is 5.92 Å². The van der Waals surface area contributed by atoms with E-state index in [2.05, 4.69) is 25.7 Å². The van der Waals surface area contributed by atoms with Crippen molar-refractivity contribution in [3.8, 4) is 0 Å². The Balaban J connectivity index is 2.39. The Morgan fingerprint density at radius 1 is 1.64 bits per heavy atom. The fourth-order valence-corrected chi connectivity index (χ4v) is 1.74. The van der Waals surface area contributed by atoms with Crippen molar-refractivity contribution >= 4 is 0 Å². The summed E-state index contributed by atoms with van der Waals surface area (Å²) in [6.07, 6.45) is 3.97. The molecule has 0 aliphatic carbocycles. The van der Waals surface area contributed by atoms with Crippen molar-refractivity contribution < 1.29 is 0 Å². The van der Waals surface area contributed by atoms with Gasteiger partial charge >= 0.3 is 0 Å². The highest BCUT2D eigenvalue weighted by Gasteiger charge is 2.19. The van der Waals surface area contributed by atoms with Crippen LogP contribution in [0.4, 0.5) is 0 Å². The van der Waals surface area contributed by atoms with Crippen LogP contribution in [0.25, 0.3) is 0 Å². The lowest BCUT2D eigenvalue weighted by atomic mass is 9.88. The first-order valence-corrected chi connectivity index (χ1v) is 4.62. The molecule has 1 nitrogen and oxygen atoms in total. The predicted octanol–water partition coefficient (Wildman–Crippen LogP) is 2.34. The molecular weight excluding hydrogens is 134 g/mol. The maximum Gasteiger partial charge on any atom is 0.0276 e. The van der Waals surface area contributed by atoms with Crippen LogP contribution in [0.1, 0.15) is 33.1 Å². The quantitative estimate of drug-likeness (QED) is 0.600. The second kappa shape index (κ2) is 3.91. The number of rotatable bonds is 2. The summed E-state index contributed by atoms with van der Waals surface area (Å²) >= 11 is 0. The molecule has 11 heavy (non-hydrogen) atoms. The van der Waals surface area contributed by atoms with E-state index in [1.165, 1.54) is 31.4 Å². The molecule has 0 aromatic heterocycles. The highest BCUT2D eigenvalue weighted by atomic mass is 14.9. The molecule has 1 heteroatoms. The lowest BCUT2D eigenvalue weighted by Gasteiger charge is -2.29. The highest BCUT2D eigenvalue weighted by molar-refractivity contribution is 5.03. The van der Waals surface area contributed by atoms with Gasteiger partial charge in [0.25, 0.3) is 0 Å². The van der Waals surface area contributed by atoms with Crippen LogP contribution in [0, 0.1) is 5.92 Å². The lowest BCUT2D eigenvalue weighted by Crippen LogP contribution is -2.38. The first-order valence-electron chi connectivity index (χ1n) is 4.62. The Kier molecular flexibility index (Phi) is 3.13. The zero-order chi connectivity index (χ0) is 8.27. The summed E-state index contributed by atoms with van der Waals surface area (Å²) in [5.41, 5.74) is 1.29. The molecule has 0 radical (unpaired) electrons. The molecule has 1 saturated heterocycles. The summed E-state index contributed by atoms with van der Waals surface area (Å²) in [6, 6.07) is 0.591. The minimum atomic E-state index is 0.591. The van der Waals surface area contributed by atoms with E-state index in [1.807, 2.05) is 0 Å². The molecule has 64 valence electrons. The van der Waals surface area contributed by atoms with E-state index in [4.69, 9.17) is 0 Å². The first-order chi connectivity index (χ1) is 5.24. The molecule has 1 aliphatic heterocycles. The number of hydrogen-bond donors (Lipinski definition) is 1. The van der Waals surface area contributed by atoms with Gasteiger partial charge < -0.3 is 5.32 Å². The van der Waals surface area contributed by atoms with E-state index in [1.54, 1.807) is 0 Å². The second-order valence-electron chi connectivity index (χ2n) is 3.65. The zero-order valence-electron chi connectivity index (χ0n) is 7.69. The Hall–Kier alpha value is -0.300. The molecule has 1 heterocycles. The van der Waals surface area contributed by atoms with Crippen molar-refractivity contribution in [3.05, 3.63) is 12.2 Å². The van der Waals surface area contributed by atoms with Gasteiger partial charge in [-0.05, 0) is 32.2 Å². The average Bonchev–Trinajstić information content (AvgIpc) is 2.05. The van der Waals surface area contributed by atoms with Crippen LogP contribution < -0.4 is 5.32 Å².